The fraction of sp³-hybridized carbons (Fsp3) is 0.400. The minimum Gasteiger partial charge on any atom is -0.362 e. The Morgan fingerprint density at radius 1 is 1.20 bits per heavy atom. The number of anilines is 1. The van der Waals surface area contributed by atoms with Crippen LogP contribution in [0.25, 0.3) is 0 Å². The van der Waals surface area contributed by atoms with Crippen LogP contribution in [0.5, 0.6) is 0 Å². The van der Waals surface area contributed by atoms with Crippen LogP contribution in [0.1, 0.15) is 40.1 Å². The molecule has 0 spiro atoms. The summed E-state index contributed by atoms with van der Waals surface area (Å²) in [7, 11) is 1.64. The van der Waals surface area contributed by atoms with Crippen LogP contribution in [0.15, 0.2) is 35.3 Å². The molecule has 25 heavy (non-hydrogen) atoms. The topological polar surface area (TPSA) is 41.9 Å². The number of rotatable bonds is 2. The van der Waals surface area contributed by atoms with Gasteiger partial charge in [0.1, 0.15) is 5.00 Å². The number of para-hydroxylation sites is 1. The lowest BCUT2D eigenvalue weighted by Gasteiger charge is -2.32. The second-order valence-electron chi connectivity index (χ2n) is 6.92. The van der Waals surface area contributed by atoms with Crippen LogP contribution in [0.2, 0.25) is 0 Å². The van der Waals surface area contributed by atoms with Crippen molar-refractivity contribution in [1.82, 2.24) is 0 Å². The van der Waals surface area contributed by atoms with E-state index in [2.05, 4.69) is 17.0 Å². The molecule has 0 radical (unpaired) electrons. The highest BCUT2D eigenvalue weighted by Gasteiger charge is 2.55. The lowest BCUT2D eigenvalue weighted by molar-refractivity contribution is 0.0388. The summed E-state index contributed by atoms with van der Waals surface area (Å²) in [5.74, 6) is 0.880. The summed E-state index contributed by atoms with van der Waals surface area (Å²) >= 11 is 1.71. The molecular formula is C20H20N2O2S. The highest BCUT2D eigenvalue weighted by atomic mass is 32.1. The summed E-state index contributed by atoms with van der Waals surface area (Å²) in [5.41, 5.74) is 2.24. The SMILES string of the molecule is CO[C@@]12CCN(c3ccccc3)C1=Nc1sc3c(c1C2=O)CCCC3. The number of nitrogens with zero attached hydrogens (tertiary/aromatic N) is 2. The van der Waals surface area contributed by atoms with Gasteiger partial charge in [0.2, 0.25) is 5.78 Å². The Labute approximate surface area is 151 Å². The number of Topliss-reactive ketones (excluding diaryl/α,β-unsaturated/α-hetero) is 1. The number of benzene rings is 1. The molecule has 0 saturated carbocycles. The predicted octanol–water partition coefficient (Wildman–Crippen LogP) is 4.15. The minimum atomic E-state index is -0.921. The number of methoxy groups -OCH3 is 1. The molecule has 1 saturated heterocycles. The lowest BCUT2D eigenvalue weighted by Crippen LogP contribution is -2.50. The quantitative estimate of drug-likeness (QED) is 0.815. The summed E-state index contributed by atoms with van der Waals surface area (Å²) in [6, 6.07) is 10.2. The molecule has 3 aliphatic rings. The van der Waals surface area contributed by atoms with Crippen LogP contribution in [0, 0.1) is 0 Å². The van der Waals surface area contributed by atoms with Gasteiger partial charge in [-0.25, -0.2) is 4.99 Å². The molecule has 1 atom stereocenters. The molecule has 1 fully saturated rings. The van der Waals surface area contributed by atoms with Crippen LogP contribution in [-0.4, -0.2) is 30.9 Å². The van der Waals surface area contributed by atoms with E-state index in [4.69, 9.17) is 9.73 Å². The molecule has 0 N–H and O–H groups in total. The molecule has 2 aliphatic heterocycles. The number of carbonyl (C=O) groups is 1. The molecule has 2 aromatic rings. The monoisotopic (exact) mass is 352 g/mol. The first kappa shape index (κ1) is 15.3. The summed E-state index contributed by atoms with van der Waals surface area (Å²) in [6.45, 7) is 0.750. The van der Waals surface area contributed by atoms with Crippen molar-refractivity contribution in [3.8, 4) is 0 Å². The van der Waals surface area contributed by atoms with Crippen LogP contribution >= 0.6 is 11.3 Å². The fourth-order valence-corrected chi connectivity index (χ4v) is 5.64. The number of hydrogen-bond donors (Lipinski definition) is 0. The highest BCUT2D eigenvalue weighted by molar-refractivity contribution is 7.16. The van der Waals surface area contributed by atoms with Crippen molar-refractivity contribution in [2.24, 2.45) is 4.99 Å². The molecular weight excluding hydrogens is 332 g/mol. The molecule has 0 bridgehead atoms. The summed E-state index contributed by atoms with van der Waals surface area (Å²) in [6.07, 6.45) is 5.10. The number of carbonyl (C=O) groups excluding carboxylic acids is 1. The molecule has 5 heteroatoms. The Morgan fingerprint density at radius 3 is 2.80 bits per heavy atom. The molecule has 1 aromatic heterocycles. The van der Waals surface area contributed by atoms with E-state index in [-0.39, 0.29) is 5.78 Å². The molecule has 1 aromatic carbocycles. The van der Waals surface area contributed by atoms with Crippen molar-refractivity contribution in [2.75, 3.05) is 18.6 Å². The zero-order chi connectivity index (χ0) is 17.0. The zero-order valence-corrected chi connectivity index (χ0v) is 15.1. The van der Waals surface area contributed by atoms with Crippen molar-refractivity contribution in [3.05, 3.63) is 46.3 Å². The Kier molecular flexibility index (Phi) is 3.37. The number of aryl methyl sites for hydroxylation is 1. The van der Waals surface area contributed by atoms with Gasteiger partial charge in [-0.05, 0) is 43.4 Å². The van der Waals surface area contributed by atoms with E-state index in [1.165, 1.54) is 16.9 Å². The Bertz CT molecular complexity index is 887. The fourth-order valence-electron chi connectivity index (χ4n) is 4.38. The number of thiophene rings is 1. The van der Waals surface area contributed by atoms with Gasteiger partial charge in [0.05, 0.1) is 5.56 Å². The van der Waals surface area contributed by atoms with Gasteiger partial charge in [0.15, 0.2) is 11.4 Å². The van der Waals surface area contributed by atoms with Gasteiger partial charge in [0.25, 0.3) is 0 Å². The van der Waals surface area contributed by atoms with Crippen LogP contribution in [-0.2, 0) is 17.6 Å². The lowest BCUT2D eigenvalue weighted by atomic mass is 9.84. The second-order valence-corrected chi connectivity index (χ2v) is 8.01. The number of aliphatic imine (C=N–C) groups is 1. The van der Waals surface area contributed by atoms with Crippen LogP contribution < -0.4 is 4.90 Å². The van der Waals surface area contributed by atoms with E-state index in [1.54, 1.807) is 18.4 Å². The van der Waals surface area contributed by atoms with E-state index in [0.717, 1.165) is 47.9 Å². The number of fused-ring (bicyclic) bond motifs is 4. The predicted molar refractivity (Wildman–Crippen MR) is 101 cm³/mol. The molecule has 5 rings (SSSR count). The van der Waals surface area contributed by atoms with Crippen LogP contribution in [0.4, 0.5) is 10.7 Å². The first-order valence-corrected chi connectivity index (χ1v) is 9.72. The third kappa shape index (κ3) is 2.02. The Balaban J connectivity index is 1.69. The summed E-state index contributed by atoms with van der Waals surface area (Å²) in [5, 5.41) is 0.891. The Morgan fingerprint density at radius 2 is 2.00 bits per heavy atom. The average molecular weight is 352 g/mol. The van der Waals surface area contributed by atoms with E-state index in [0.29, 0.717) is 6.42 Å². The molecule has 0 unspecified atom stereocenters. The molecule has 128 valence electrons. The standard InChI is InChI=1S/C20H20N2O2S/c1-24-20-11-12-22(13-7-3-2-4-8-13)19(20)21-18-16(17(20)23)14-9-5-6-10-15(14)25-18/h2-4,7-8H,5-6,9-12H2,1H3/t20-/m1/s1. The zero-order valence-electron chi connectivity index (χ0n) is 14.2. The first-order valence-electron chi connectivity index (χ1n) is 8.91. The van der Waals surface area contributed by atoms with Gasteiger partial charge in [-0.1, -0.05) is 18.2 Å². The minimum absolute atomic E-state index is 0.118. The maximum absolute atomic E-state index is 13.5. The molecule has 1 aliphatic carbocycles. The van der Waals surface area contributed by atoms with Gasteiger partial charge < -0.3 is 9.64 Å². The summed E-state index contributed by atoms with van der Waals surface area (Å²) in [4.78, 5) is 22.0. The first-order chi connectivity index (χ1) is 12.2. The molecule has 0 amide bonds. The van der Waals surface area contributed by atoms with E-state index in [1.807, 2.05) is 18.2 Å². The van der Waals surface area contributed by atoms with Crippen molar-refractivity contribution in [3.63, 3.8) is 0 Å². The number of ketones is 1. The third-order valence-electron chi connectivity index (χ3n) is 5.67. The smallest absolute Gasteiger partial charge is 0.205 e. The maximum atomic E-state index is 13.5. The van der Waals surface area contributed by atoms with Gasteiger partial charge in [0, 0.05) is 30.6 Å². The van der Waals surface area contributed by atoms with Gasteiger partial charge in [-0.3, -0.25) is 4.79 Å². The number of amidine groups is 1. The van der Waals surface area contributed by atoms with Gasteiger partial charge >= 0.3 is 0 Å². The van der Waals surface area contributed by atoms with E-state index < -0.39 is 5.60 Å². The molecule has 3 heterocycles. The van der Waals surface area contributed by atoms with Gasteiger partial charge in [-0.2, -0.15) is 0 Å². The number of hydrogen-bond acceptors (Lipinski definition) is 5. The second kappa shape index (κ2) is 5.51. The maximum Gasteiger partial charge on any atom is 0.205 e. The largest absolute Gasteiger partial charge is 0.362 e. The normalized spacial score (nSPS) is 24.6. The van der Waals surface area contributed by atoms with Crippen molar-refractivity contribution in [1.29, 1.82) is 0 Å². The third-order valence-corrected chi connectivity index (χ3v) is 6.86. The van der Waals surface area contributed by atoms with Crippen molar-refractivity contribution < 1.29 is 9.53 Å². The van der Waals surface area contributed by atoms with Crippen molar-refractivity contribution >= 4 is 33.6 Å². The van der Waals surface area contributed by atoms with E-state index in [9.17, 15) is 4.79 Å². The van der Waals surface area contributed by atoms with E-state index >= 15 is 0 Å². The average Bonchev–Trinajstić information content (AvgIpc) is 3.21. The Hall–Kier alpha value is -1.98. The number of ether oxygens (including phenoxy) is 1. The van der Waals surface area contributed by atoms with Crippen molar-refractivity contribution in [2.45, 2.75) is 37.7 Å². The molecule has 4 nitrogen and oxygen atoms in total. The van der Waals surface area contributed by atoms with Crippen LogP contribution in [0.3, 0.4) is 0 Å². The van der Waals surface area contributed by atoms with Gasteiger partial charge in [-0.15, -0.1) is 11.3 Å². The summed E-state index contributed by atoms with van der Waals surface area (Å²) < 4.78 is 5.87. The highest BCUT2D eigenvalue weighted by Crippen LogP contribution is 2.48.